The van der Waals surface area contributed by atoms with Gasteiger partial charge in [-0.2, -0.15) is 0 Å². The van der Waals surface area contributed by atoms with Crippen LogP contribution >= 0.6 is 0 Å². The Morgan fingerprint density at radius 1 is 0.967 bits per heavy atom. The number of esters is 1. The fraction of sp³-hybridized carbons (Fsp3) is 0.462. The average Bonchev–Trinajstić information content (AvgIpc) is 3.24. The zero-order valence-electron chi connectivity index (χ0n) is 17.5. The van der Waals surface area contributed by atoms with Crippen LogP contribution in [0.2, 0.25) is 0 Å². The number of likely N-dealkylation sites (tertiary alicyclic amines) is 1. The molecule has 0 aromatic heterocycles. The second kappa shape index (κ2) is 10.0. The number of hydrogen-bond donors (Lipinski definition) is 0. The highest BCUT2D eigenvalue weighted by Gasteiger charge is 2.43. The largest absolute Gasteiger partial charge is 0.460 e. The van der Waals surface area contributed by atoms with Crippen molar-refractivity contribution in [3.05, 3.63) is 71.8 Å². The summed E-state index contributed by atoms with van der Waals surface area (Å²) in [5.74, 6) is 0.227. The number of benzene rings is 2. The molecule has 0 amide bonds. The molecule has 0 radical (unpaired) electrons. The van der Waals surface area contributed by atoms with E-state index in [9.17, 15) is 9.59 Å². The lowest BCUT2D eigenvalue weighted by Crippen LogP contribution is -2.46. The van der Waals surface area contributed by atoms with E-state index in [1.54, 1.807) is 0 Å². The second-order valence-corrected chi connectivity index (χ2v) is 8.71. The maximum absolute atomic E-state index is 13.3. The molecule has 2 aromatic rings. The molecule has 3 atom stereocenters. The van der Waals surface area contributed by atoms with Gasteiger partial charge in [0.15, 0.2) is 0 Å². The van der Waals surface area contributed by atoms with Crippen molar-refractivity contribution in [1.82, 2.24) is 4.90 Å². The summed E-state index contributed by atoms with van der Waals surface area (Å²) in [7, 11) is 0. The van der Waals surface area contributed by atoms with Crippen LogP contribution in [-0.2, 0) is 20.9 Å². The predicted octanol–water partition coefficient (Wildman–Crippen LogP) is 4.59. The summed E-state index contributed by atoms with van der Waals surface area (Å²) < 4.78 is 5.80. The lowest BCUT2D eigenvalue weighted by molar-refractivity contribution is -0.154. The molecule has 2 fully saturated rings. The van der Waals surface area contributed by atoms with Crippen molar-refractivity contribution < 1.29 is 14.3 Å². The molecule has 4 heteroatoms. The van der Waals surface area contributed by atoms with Crippen molar-refractivity contribution in [2.75, 3.05) is 13.1 Å². The van der Waals surface area contributed by atoms with Gasteiger partial charge in [-0.3, -0.25) is 9.69 Å². The van der Waals surface area contributed by atoms with Crippen LogP contribution in [0.5, 0.6) is 0 Å². The number of carbonyl (C=O) groups is 2. The fourth-order valence-corrected chi connectivity index (χ4v) is 5.18. The van der Waals surface area contributed by atoms with Gasteiger partial charge >= 0.3 is 5.97 Å². The third-order valence-corrected chi connectivity index (χ3v) is 6.75. The molecule has 1 heterocycles. The number of aldehydes is 1. The minimum Gasteiger partial charge on any atom is -0.460 e. The van der Waals surface area contributed by atoms with Gasteiger partial charge in [-0.15, -0.1) is 0 Å². The molecule has 30 heavy (non-hydrogen) atoms. The summed E-state index contributed by atoms with van der Waals surface area (Å²) in [6, 6.07) is 19.8. The van der Waals surface area contributed by atoms with E-state index >= 15 is 0 Å². The number of carbonyl (C=O) groups excluding carboxylic acids is 2. The third kappa shape index (κ3) is 4.81. The molecular formula is C26H31NO3. The second-order valence-electron chi connectivity index (χ2n) is 8.71. The first kappa shape index (κ1) is 20.8. The van der Waals surface area contributed by atoms with Gasteiger partial charge in [-0.05, 0) is 29.9 Å². The first-order valence-corrected chi connectivity index (χ1v) is 11.2. The zero-order valence-corrected chi connectivity index (χ0v) is 17.5. The Morgan fingerprint density at radius 2 is 1.63 bits per heavy atom. The summed E-state index contributed by atoms with van der Waals surface area (Å²) >= 11 is 0. The Bertz CT molecular complexity index is 817. The molecule has 2 aliphatic rings. The number of rotatable bonds is 7. The first-order chi connectivity index (χ1) is 14.8. The molecule has 4 rings (SSSR count). The Labute approximate surface area is 179 Å². The van der Waals surface area contributed by atoms with Crippen molar-refractivity contribution in [1.29, 1.82) is 0 Å². The van der Waals surface area contributed by atoms with E-state index in [0.29, 0.717) is 19.1 Å². The Hall–Kier alpha value is -2.46. The van der Waals surface area contributed by atoms with Gasteiger partial charge in [0.2, 0.25) is 0 Å². The molecule has 1 saturated carbocycles. The lowest BCUT2D eigenvalue weighted by Gasteiger charge is -2.35. The Morgan fingerprint density at radius 3 is 2.30 bits per heavy atom. The molecule has 158 valence electrons. The van der Waals surface area contributed by atoms with Crippen molar-refractivity contribution in [2.45, 2.75) is 50.7 Å². The topological polar surface area (TPSA) is 46.6 Å². The summed E-state index contributed by atoms with van der Waals surface area (Å²) in [5.41, 5.74) is 2.18. The van der Waals surface area contributed by atoms with Crippen molar-refractivity contribution in [2.24, 2.45) is 11.8 Å². The molecule has 1 aliphatic carbocycles. The highest BCUT2D eigenvalue weighted by atomic mass is 16.5. The summed E-state index contributed by atoms with van der Waals surface area (Å²) in [5, 5.41) is 0. The minimum atomic E-state index is -0.259. The van der Waals surface area contributed by atoms with Gasteiger partial charge in [-0.1, -0.05) is 79.9 Å². The molecule has 0 N–H and O–H groups in total. The molecule has 1 saturated heterocycles. The zero-order chi connectivity index (χ0) is 20.8. The van der Waals surface area contributed by atoms with E-state index in [1.807, 2.05) is 48.5 Å². The van der Waals surface area contributed by atoms with Crippen LogP contribution in [-0.4, -0.2) is 36.3 Å². The smallest absolute Gasteiger partial charge is 0.323 e. The van der Waals surface area contributed by atoms with Gasteiger partial charge < -0.3 is 9.53 Å². The first-order valence-electron chi connectivity index (χ1n) is 11.2. The summed E-state index contributed by atoms with van der Waals surface area (Å²) in [6.45, 7) is 1.66. The van der Waals surface area contributed by atoms with E-state index in [-0.39, 0.29) is 23.8 Å². The van der Waals surface area contributed by atoms with Crippen LogP contribution in [0, 0.1) is 11.8 Å². The Kier molecular flexibility index (Phi) is 6.96. The lowest BCUT2D eigenvalue weighted by atomic mass is 9.83. The molecule has 3 unspecified atom stereocenters. The Balaban J connectivity index is 1.51. The van der Waals surface area contributed by atoms with E-state index in [1.165, 1.54) is 24.8 Å². The number of nitrogens with zero attached hydrogens (tertiary/aromatic N) is 1. The molecule has 2 aromatic carbocycles. The van der Waals surface area contributed by atoms with Crippen molar-refractivity contribution in [3.8, 4) is 0 Å². The predicted molar refractivity (Wildman–Crippen MR) is 117 cm³/mol. The maximum Gasteiger partial charge on any atom is 0.323 e. The fourth-order valence-electron chi connectivity index (χ4n) is 5.18. The van der Waals surface area contributed by atoms with E-state index in [2.05, 4.69) is 17.0 Å². The number of ether oxygens (including phenoxy) is 1. The molecule has 0 spiro atoms. The van der Waals surface area contributed by atoms with Gasteiger partial charge in [0.1, 0.15) is 18.9 Å². The van der Waals surface area contributed by atoms with Crippen molar-refractivity contribution in [3.63, 3.8) is 0 Å². The van der Waals surface area contributed by atoms with Crippen LogP contribution in [0.25, 0.3) is 0 Å². The van der Waals surface area contributed by atoms with Crippen LogP contribution < -0.4 is 0 Å². The van der Waals surface area contributed by atoms with Crippen LogP contribution in [0.4, 0.5) is 0 Å². The van der Waals surface area contributed by atoms with Gasteiger partial charge in [0, 0.05) is 24.9 Å². The van der Waals surface area contributed by atoms with Gasteiger partial charge in [-0.25, -0.2) is 0 Å². The molecule has 4 nitrogen and oxygen atoms in total. The van der Waals surface area contributed by atoms with Crippen molar-refractivity contribution >= 4 is 12.3 Å². The highest BCUT2D eigenvalue weighted by Crippen LogP contribution is 2.37. The normalized spacial score (nSPS) is 23.7. The minimum absolute atomic E-state index is 0.0830. The maximum atomic E-state index is 13.3. The van der Waals surface area contributed by atoms with E-state index in [4.69, 9.17) is 4.74 Å². The van der Waals surface area contributed by atoms with E-state index < -0.39 is 0 Å². The SMILES string of the molecule is O=CC1CN(C(C(=O)OCc2ccccc2)C2CCCCC2)CC1c1ccccc1. The quantitative estimate of drug-likeness (QED) is 0.499. The third-order valence-electron chi connectivity index (χ3n) is 6.75. The van der Waals surface area contributed by atoms with Gasteiger partial charge in [0.05, 0.1) is 0 Å². The van der Waals surface area contributed by atoms with Crippen LogP contribution in [0.1, 0.15) is 49.1 Å². The van der Waals surface area contributed by atoms with Crippen LogP contribution in [0.15, 0.2) is 60.7 Å². The van der Waals surface area contributed by atoms with Crippen LogP contribution in [0.3, 0.4) is 0 Å². The highest BCUT2D eigenvalue weighted by molar-refractivity contribution is 5.76. The van der Waals surface area contributed by atoms with E-state index in [0.717, 1.165) is 31.2 Å². The standard InChI is InChI=1S/C26H31NO3/c28-18-23-16-27(17-24(23)21-12-6-2-7-13-21)25(22-14-8-3-9-15-22)26(29)30-19-20-10-4-1-5-11-20/h1-2,4-7,10-13,18,22-25H,3,8-9,14-17,19H2. The molecular weight excluding hydrogens is 374 g/mol. The summed E-state index contributed by atoms with van der Waals surface area (Å²) in [6.07, 6.45) is 6.77. The average molecular weight is 406 g/mol. The molecule has 0 bridgehead atoms. The summed E-state index contributed by atoms with van der Waals surface area (Å²) in [4.78, 5) is 27.4. The van der Waals surface area contributed by atoms with Gasteiger partial charge in [0.25, 0.3) is 0 Å². The molecule has 1 aliphatic heterocycles. The number of hydrogen-bond acceptors (Lipinski definition) is 4. The monoisotopic (exact) mass is 405 g/mol.